The summed E-state index contributed by atoms with van der Waals surface area (Å²) in [5.41, 5.74) is 0. The van der Waals surface area contributed by atoms with Crippen molar-refractivity contribution in [1.29, 1.82) is 0 Å². The fraction of sp³-hybridized carbons (Fsp3) is 1.00. The fourth-order valence-corrected chi connectivity index (χ4v) is 1.52. The Morgan fingerprint density at radius 2 is 2.07 bits per heavy atom. The summed E-state index contributed by atoms with van der Waals surface area (Å²) < 4.78 is 10.8. The summed E-state index contributed by atoms with van der Waals surface area (Å²) in [6, 6.07) is 0.405. The predicted molar refractivity (Wildman–Crippen MR) is 58.9 cm³/mol. The lowest BCUT2D eigenvalue weighted by molar-refractivity contribution is -0.0587. The predicted octanol–water partition coefficient (Wildman–Crippen LogP) is 0.541. The maximum Gasteiger partial charge on any atom is 0.0897 e. The molecular weight excluding hydrogens is 194 g/mol. The average Bonchev–Trinajstić information content (AvgIpc) is 2.25. The first kappa shape index (κ1) is 12.9. The van der Waals surface area contributed by atoms with Crippen LogP contribution in [0.2, 0.25) is 0 Å². The third-order valence-corrected chi connectivity index (χ3v) is 2.45. The lowest BCUT2D eigenvalue weighted by Gasteiger charge is -2.24. The van der Waals surface area contributed by atoms with Crippen LogP contribution < -0.4 is 5.32 Å². The van der Waals surface area contributed by atoms with Gasteiger partial charge in [0, 0.05) is 25.8 Å². The molecule has 0 aromatic heterocycles. The van der Waals surface area contributed by atoms with E-state index in [4.69, 9.17) is 9.47 Å². The van der Waals surface area contributed by atoms with E-state index in [0.717, 1.165) is 26.1 Å². The van der Waals surface area contributed by atoms with Gasteiger partial charge < -0.3 is 19.9 Å². The highest BCUT2D eigenvalue weighted by Gasteiger charge is 2.15. The van der Waals surface area contributed by atoms with E-state index in [2.05, 4.69) is 19.2 Å². The first-order chi connectivity index (χ1) is 7.18. The molecule has 4 heteroatoms. The van der Waals surface area contributed by atoms with Crippen molar-refractivity contribution in [2.75, 3.05) is 26.4 Å². The van der Waals surface area contributed by atoms with Crippen molar-refractivity contribution in [3.8, 4) is 0 Å². The van der Waals surface area contributed by atoms with E-state index in [9.17, 15) is 5.11 Å². The second-order valence-electron chi connectivity index (χ2n) is 4.36. The fourth-order valence-electron chi connectivity index (χ4n) is 1.52. The number of nitrogens with one attached hydrogen (secondary N) is 1. The van der Waals surface area contributed by atoms with E-state index in [1.54, 1.807) is 0 Å². The number of rotatable bonds is 6. The van der Waals surface area contributed by atoms with Crippen molar-refractivity contribution in [3.63, 3.8) is 0 Å². The Morgan fingerprint density at radius 3 is 2.67 bits per heavy atom. The Hall–Kier alpha value is -0.160. The smallest absolute Gasteiger partial charge is 0.0897 e. The van der Waals surface area contributed by atoms with Gasteiger partial charge in [0.2, 0.25) is 0 Å². The normalized spacial score (nSPS) is 20.8. The van der Waals surface area contributed by atoms with Gasteiger partial charge in [0.05, 0.1) is 18.8 Å². The first-order valence-corrected chi connectivity index (χ1v) is 5.79. The van der Waals surface area contributed by atoms with Crippen LogP contribution in [-0.2, 0) is 9.47 Å². The Kier molecular flexibility index (Phi) is 6.17. The molecule has 0 radical (unpaired) electrons. The molecular formula is C11H23NO3. The van der Waals surface area contributed by atoms with Gasteiger partial charge in [-0.15, -0.1) is 0 Å². The van der Waals surface area contributed by atoms with Gasteiger partial charge in [0.25, 0.3) is 0 Å². The van der Waals surface area contributed by atoms with Gasteiger partial charge in [0.1, 0.15) is 0 Å². The molecule has 0 amide bonds. The van der Waals surface area contributed by atoms with E-state index in [1.165, 1.54) is 0 Å². The van der Waals surface area contributed by atoms with E-state index < -0.39 is 6.10 Å². The molecule has 1 heterocycles. The van der Waals surface area contributed by atoms with Crippen LogP contribution in [0.3, 0.4) is 0 Å². The van der Waals surface area contributed by atoms with Crippen LogP contribution in [0.5, 0.6) is 0 Å². The zero-order valence-electron chi connectivity index (χ0n) is 9.74. The lowest BCUT2D eigenvalue weighted by atomic mass is 10.1. The average molecular weight is 217 g/mol. The molecule has 1 saturated heterocycles. The van der Waals surface area contributed by atoms with Crippen LogP contribution in [0, 0.1) is 0 Å². The summed E-state index contributed by atoms with van der Waals surface area (Å²) in [6.07, 6.45) is 1.76. The van der Waals surface area contributed by atoms with Gasteiger partial charge in [-0.1, -0.05) is 13.8 Å². The molecule has 0 aliphatic carbocycles. The zero-order chi connectivity index (χ0) is 11.1. The maximum absolute atomic E-state index is 9.61. The summed E-state index contributed by atoms with van der Waals surface area (Å²) in [4.78, 5) is 0. The first-order valence-electron chi connectivity index (χ1n) is 5.79. The number of aliphatic hydroxyl groups is 1. The second kappa shape index (κ2) is 7.17. The van der Waals surface area contributed by atoms with Crippen LogP contribution >= 0.6 is 0 Å². The van der Waals surface area contributed by atoms with E-state index >= 15 is 0 Å². The molecule has 0 spiro atoms. The van der Waals surface area contributed by atoms with Gasteiger partial charge in [-0.05, 0) is 12.8 Å². The SMILES string of the molecule is CC(C)NCC(O)COC1CCOCC1. The largest absolute Gasteiger partial charge is 0.389 e. The number of ether oxygens (including phenoxy) is 2. The van der Waals surface area contributed by atoms with Gasteiger partial charge in [0.15, 0.2) is 0 Å². The summed E-state index contributed by atoms with van der Waals surface area (Å²) in [5.74, 6) is 0. The van der Waals surface area contributed by atoms with Crippen LogP contribution in [0.4, 0.5) is 0 Å². The molecule has 1 rings (SSSR count). The molecule has 1 unspecified atom stereocenters. The van der Waals surface area contributed by atoms with Crippen molar-refractivity contribution in [1.82, 2.24) is 5.32 Å². The molecule has 0 saturated carbocycles. The minimum Gasteiger partial charge on any atom is -0.389 e. The molecule has 0 bridgehead atoms. The van der Waals surface area contributed by atoms with E-state index in [0.29, 0.717) is 19.2 Å². The molecule has 0 aromatic rings. The summed E-state index contributed by atoms with van der Waals surface area (Å²) in [6.45, 7) is 6.71. The van der Waals surface area contributed by atoms with Gasteiger partial charge in [-0.2, -0.15) is 0 Å². The number of hydrogen-bond acceptors (Lipinski definition) is 4. The number of hydrogen-bond donors (Lipinski definition) is 2. The van der Waals surface area contributed by atoms with E-state index in [-0.39, 0.29) is 6.10 Å². The Balaban J connectivity index is 2.02. The third kappa shape index (κ3) is 6.10. The minimum absolute atomic E-state index is 0.271. The second-order valence-corrected chi connectivity index (χ2v) is 4.36. The van der Waals surface area contributed by atoms with Crippen LogP contribution in [0.15, 0.2) is 0 Å². The van der Waals surface area contributed by atoms with Gasteiger partial charge in [-0.3, -0.25) is 0 Å². The molecule has 4 nitrogen and oxygen atoms in total. The van der Waals surface area contributed by atoms with Crippen molar-refractivity contribution in [2.45, 2.75) is 44.9 Å². The highest BCUT2D eigenvalue weighted by atomic mass is 16.5. The van der Waals surface area contributed by atoms with E-state index in [1.807, 2.05) is 0 Å². The van der Waals surface area contributed by atoms with Crippen molar-refractivity contribution in [3.05, 3.63) is 0 Å². The molecule has 90 valence electrons. The minimum atomic E-state index is -0.407. The van der Waals surface area contributed by atoms with Crippen molar-refractivity contribution in [2.24, 2.45) is 0 Å². The van der Waals surface area contributed by atoms with Crippen LogP contribution in [0.1, 0.15) is 26.7 Å². The monoisotopic (exact) mass is 217 g/mol. The summed E-state index contributed by atoms with van der Waals surface area (Å²) in [7, 11) is 0. The van der Waals surface area contributed by atoms with Crippen LogP contribution in [-0.4, -0.2) is 49.7 Å². The zero-order valence-corrected chi connectivity index (χ0v) is 9.74. The molecule has 2 N–H and O–H groups in total. The summed E-state index contributed by atoms with van der Waals surface area (Å²) in [5, 5.41) is 12.8. The number of aliphatic hydroxyl groups excluding tert-OH is 1. The maximum atomic E-state index is 9.61. The summed E-state index contributed by atoms with van der Waals surface area (Å²) >= 11 is 0. The Morgan fingerprint density at radius 1 is 1.40 bits per heavy atom. The Bertz CT molecular complexity index is 158. The lowest BCUT2D eigenvalue weighted by Crippen LogP contribution is -2.36. The highest BCUT2D eigenvalue weighted by Crippen LogP contribution is 2.10. The quantitative estimate of drug-likeness (QED) is 0.682. The molecule has 15 heavy (non-hydrogen) atoms. The topological polar surface area (TPSA) is 50.7 Å². The molecule has 1 aliphatic rings. The molecule has 0 aromatic carbocycles. The van der Waals surface area contributed by atoms with Crippen molar-refractivity contribution >= 4 is 0 Å². The molecule has 1 fully saturated rings. The van der Waals surface area contributed by atoms with Gasteiger partial charge >= 0.3 is 0 Å². The van der Waals surface area contributed by atoms with Crippen LogP contribution in [0.25, 0.3) is 0 Å². The third-order valence-electron chi connectivity index (χ3n) is 2.45. The standard InChI is InChI=1S/C11H23NO3/c1-9(2)12-7-10(13)8-15-11-3-5-14-6-4-11/h9-13H,3-8H2,1-2H3. The Labute approximate surface area is 92.0 Å². The van der Waals surface area contributed by atoms with Gasteiger partial charge in [-0.25, -0.2) is 0 Å². The highest BCUT2D eigenvalue weighted by molar-refractivity contribution is 4.66. The molecule has 1 atom stereocenters. The van der Waals surface area contributed by atoms with Crippen molar-refractivity contribution < 1.29 is 14.6 Å². The molecule has 1 aliphatic heterocycles.